The fraction of sp³-hybridized carbons (Fsp3) is 0.529. The summed E-state index contributed by atoms with van der Waals surface area (Å²) in [4.78, 5) is 0. The second-order valence-electron chi connectivity index (χ2n) is 6.25. The number of hydrogen-bond donors (Lipinski definition) is 1. The summed E-state index contributed by atoms with van der Waals surface area (Å²) in [5.74, 6) is 2.77. The predicted molar refractivity (Wildman–Crippen MR) is 86.8 cm³/mol. The third kappa shape index (κ3) is 3.09. The second-order valence-corrected chi connectivity index (χ2v) is 7.16. The van der Waals surface area contributed by atoms with E-state index < -0.39 is 0 Å². The maximum atomic E-state index is 5.94. The lowest BCUT2D eigenvalue weighted by Crippen LogP contribution is -2.24. The summed E-state index contributed by atoms with van der Waals surface area (Å²) in [6.45, 7) is 5.65. The maximum absolute atomic E-state index is 5.94. The van der Waals surface area contributed by atoms with Crippen molar-refractivity contribution in [1.29, 1.82) is 0 Å². The Kier molecular flexibility index (Phi) is 4.18. The van der Waals surface area contributed by atoms with E-state index in [0.29, 0.717) is 0 Å². The SMILES string of the molecule is CC1CCC(CNC(C)c2cc3cc(Br)ccc3o2)C1. The van der Waals surface area contributed by atoms with Crippen LogP contribution in [0.25, 0.3) is 11.0 Å². The zero-order valence-electron chi connectivity index (χ0n) is 12.2. The molecule has 0 radical (unpaired) electrons. The maximum Gasteiger partial charge on any atom is 0.134 e. The quantitative estimate of drug-likeness (QED) is 0.821. The van der Waals surface area contributed by atoms with Crippen LogP contribution in [0.2, 0.25) is 0 Å². The molecule has 1 aliphatic carbocycles. The van der Waals surface area contributed by atoms with Crippen molar-refractivity contribution in [3.8, 4) is 0 Å². The van der Waals surface area contributed by atoms with Gasteiger partial charge in [0.05, 0.1) is 6.04 Å². The van der Waals surface area contributed by atoms with Crippen LogP contribution < -0.4 is 5.32 Å². The highest BCUT2D eigenvalue weighted by Gasteiger charge is 2.22. The van der Waals surface area contributed by atoms with Crippen LogP contribution >= 0.6 is 15.9 Å². The van der Waals surface area contributed by atoms with Gasteiger partial charge in [0.25, 0.3) is 0 Å². The first kappa shape index (κ1) is 14.2. The van der Waals surface area contributed by atoms with E-state index in [0.717, 1.165) is 39.6 Å². The highest BCUT2D eigenvalue weighted by Crippen LogP contribution is 2.31. The van der Waals surface area contributed by atoms with Gasteiger partial charge < -0.3 is 9.73 Å². The Balaban J connectivity index is 1.64. The lowest BCUT2D eigenvalue weighted by molar-refractivity contribution is 0.401. The van der Waals surface area contributed by atoms with Crippen LogP contribution in [0.5, 0.6) is 0 Å². The van der Waals surface area contributed by atoms with Crippen LogP contribution in [0.1, 0.15) is 44.9 Å². The molecule has 20 heavy (non-hydrogen) atoms. The molecule has 3 unspecified atom stereocenters. The molecule has 0 bridgehead atoms. The Morgan fingerprint density at radius 1 is 1.35 bits per heavy atom. The number of furan rings is 1. The molecule has 3 rings (SSSR count). The van der Waals surface area contributed by atoms with E-state index in [2.05, 4.69) is 47.2 Å². The molecule has 1 aromatic heterocycles. The van der Waals surface area contributed by atoms with Crippen LogP contribution in [0.3, 0.4) is 0 Å². The molecule has 3 heteroatoms. The first-order chi connectivity index (χ1) is 9.61. The molecule has 1 aliphatic rings. The summed E-state index contributed by atoms with van der Waals surface area (Å²) >= 11 is 3.50. The molecule has 2 nitrogen and oxygen atoms in total. The molecule has 1 heterocycles. The van der Waals surface area contributed by atoms with E-state index in [4.69, 9.17) is 4.42 Å². The van der Waals surface area contributed by atoms with E-state index in [9.17, 15) is 0 Å². The van der Waals surface area contributed by atoms with Crippen molar-refractivity contribution in [3.05, 3.63) is 34.5 Å². The monoisotopic (exact) mass is 335 g/mol. The summed E-state index contributed by atoms with van der Waals surface area (Å²) < 4.78 is 7.03. The van der Waals surface area contributed by atoms with Crippen molar-refractivity contribution in [1.82, 2.24) is 5.32 Å². The minimum absolute atomic E-state index is 0.275. The summed E-state index contributed by atoms with van der Waals surface area (Å²) in [6.07, 6.45) is 4.13. The van der Waals surface area contributed by atoms with Crippen LogP contribution in [0.15, 0.2) is 33.2 Å². The third-order valence-electron chi connectivity index (χ3n) is 4.44. The molecule has 0 saturated heterocycles. The molecule has 108 valence electrons. The summed E-state index contributed by atoms with van der Waals surface area (Å²) in [7, 11) is 0. The van der Waals surface area contributed by atoms with Gasteiger partial charge in [-0.25, -0.2) is 0 Å². The van der Waals surface area contributed by atoms with Gasteiger partial charge in [-0.3, -0.25) is 0 Å². The van der Waals surface area contributed by atoms with Gasteiger partial charge in [-0.05, 0) is 62.4 Å². The van der Waals surface area contributed by atoms with Crippen molar-refractivity contribution in [2.24, 2.45) is 11.8 Å². The first-order valence-corrected chi connectivity index (χ1v) is 8.33. The highest BCUT2D eigenvalue weighted by atomic mass is 79.9. The molecular weight excluding hydrogens is 314 g/mol. The fourth-order valence-electron chi connectivity index (χ4n) is 3.20. The summed E-state index contributed by atoms with van der Waals surface area (Å²) in [5, 5.41) is 4.80. The van der Waals surface area contributed by atoms with Gasteiger partial charge in [0.15, 0.2) is 0 Å². The number of benzene rings is 1. The highest BCUT2D eigenvalue weighted by molar-refractivity contribution is 9.10. The Bertz CT molecular complexity index is 592. The van der Waals surface area contributed by atoms with Gasteiger partial charge in [-0.1, -0.05) is 29.3 Å². The van der Waals surface area contributed by atoms with Crippen molar-refractivity contribution >= 4 is 26.9 Å². The van der Waals surface area contributed by atoms with Crippen molar-refractivity contribution in [3.63, 3.8) is 0 Å². The van der Waals surface area contributed by atoms with Crippen molar-refractivity contribution in [2.45, 2.75) is 39.2 Å². The number of fused-ring (bicyclic) bond motifs is 1. The molecule has 0 spiro atoms. The predicted octanol–water partition coefficient (Wildman–Crippen LogP) is 5.28. The Morgan fingerprint density at radius 3 is 2.95 bits per heavy atom. The zero-order chi connectivity index (χ0) is 14.1. The fourth-order valence-corrected chi connectivity index (χ4v) is 3.58. The summed E-state index contributed by atoms with van der Waals surface area (Å²) in [5.41, 5.74) is 0.964. The minimum atomic E-state index is 0.275. The Labute approximate surface area is 129 Å². The van der Waals surface area contributed by atoms with Gasteiger partial charge in [-0.15, -0.1) is 0 Å². The average Bonchev–Trinajstić information content (AvgIpc) is 3.01. The van der Waals surface area contributed by atoms with E-state index in [-0.39, 0.29) is 6.04 Å². The lowest BCUT2D eigenvalue weighted by atomic mass is 10.1. The molecule has 0 aliphatic heterocycles. The van der Waals surface area contributed by atoms with Gasteiger partial charge in [-0.2, -0.15) is 0 Å². The van der Waals surface area contributed by atoms with E-state index >= 15 is 0 Å². The number of hydrogen-bond acceptors (Lipinski definition) is 2. The molecule has 0 amide bonds. The normalized spacial score (nSPS) is 24.4. The smallest absolute Gasteiger partial charge is 0.134 e. The average molecular weight is 336 g/mol. The molecule has 1 aromatic carbocycles. The molecule has 2 aromatic rings. The number of halogens is 1. The molecule has 1 fully saturated rings. The number of nitrogens with one attached hydrogen (secondary N) is 1. The molecule has 3 atom stereocenters. The first-order valence-electron chi connectivity index (χ1n) is 7.54. The third-order valence-corrected chi connectivity index (χ3v) is 4.93. The minimum Gasteiger partial charge on any atom is -0.459 e. The van der Waals surface area contributed by atoms with Crippen LogP contribution in [-0.2, 0) is 0 Å². The van der Waals surface area contributed by atoms with Gasteiger partial charge in [0.2, 0.25) is 0 Å². The topological polar surface area (TPSA) is 25.2 Å². The largest absolute Gasteiger partial charge is 0.459 e. The van der Waals surface area contributed by atoms with Crippen molar-refractivity contribution < 1.29 is 4.42 Å². The van der Waals surface area contributed by atoms with E-state index in [1.54, 1.807) is 0 Å². The zero-order valence-corrected chi connectivity index (χ0v) is 13.7. The molecule has 1 N–H and O–H groups in total. The van der Waals surface area contributed by atoms with Gasteiger partial charge >= 0.3 is 0 Å². The molecular formula is C17H22BrNO. The van der Waals surface area contributed by atoms with E-state index in [1.165, 1.54) is 19.3 Å². The van der Waals surface area contributed by atoms with Gasteiger partial charge in [0, 0.05) is 9.86 Å². The molecule has 1 saturated carbocycles. The lowest BCUT2D eigenvalue weighted by Gasteiger charge is -2.15. The van der Waals surface area contributed by atoms with Crippen LogP contribution in [0, 0.1) is 11.8 Å². The summed E-state index contributed by atoms with van der Waals surface area (Å²) in [6, 6.07) is 8.57. The van der Waals surface area contributed by atoms with Crippen LogP contribution in [0.4, 0.5) is 0 Å². The van der Waals surface area contributed by atoms with Crippen molar-refractivity contribution in [2.75, 3.05) is 6.54 Å². The number of rotatable bonds is 4. The second kappa shape index (κ2) is 5.90. The van der Waals surface area contributed by atoms with Gasteiger partial charge in [0.1, 0.15) is 11.3 Å². The Morgan fingerprint density at radius 2 is 2.20 bits per heavy atom. The van der Waals surface area contributed by atoms with Crippen LogP contribution in [-0.4, -0.2) is 6.54 Å². The standard InChI is InChI=1S/C17H22BrNO/c1-11-3-4-13(7-11)10-19-12(2)17-9-14-8-15(18)5-6-16(14)20-17/h5-6,8-9,11-13,19H,3-4,7,10H2,1-2H3. The van der Waals surface area contributed by atoms with E-state index in [1.807, 2.05) is 12.1 Å². The Hall–Kier alpha value is -0.800.